The molecule has 0 amide bonds. The predicted molar refractivity (Wildman–Crippen MR) is 54.8 cm³/mol. The van der Waals surface area contributed by atoms with E-state index in [0.29, 0.717) is 5.82 Å². The molecule has 0 aliphatic carbocycles. The van der Waals surface area contributed by atoms with Crippen LogP contribution in [-0.4, -0.2) is 28.2 Å². The van der Waals surface area contributed by atoms with Crippen LogP contribution in [0, 0.1) is 10.1 Å². The molecule has 0 bridgehead atoms. The van der Waals surface area contributed by atoms with E-state index in [0.717, 1.165) is 25.9 Å². The van der Waals surface area contributed by atoms with Crippen molar-refractivity contribution < 1.29 is 4.92 Å². The summed E-state index contributed by atoms with van der Waals surface area (Å²) >= 11 is 0. The van der Waals surface area contributed by atoms with Gasteiger partial charge in [-0.25, -0.2) is 0 Å². The van der Waals surface area contributed by atoms with Crippen LogP contribution >= 0.6 is 0 Å². The van der Waals surface area contributed by atoms with Gasteiger partial charge in [0.2, 0.25) is 5.82 Å². The molecule has 1 aliphatic heterocycles. The van der Waals surface area contributed by atoms with Crippen molar-refractivity contribution >= 4 is 11.5 Å². The molecule has 0 N–H and O–H groups in total. The van der Waals surface area contributed by atoms with Crippen molar-refractivity contribution in [3.63, 3.8) is 0 Å². The summed E-state index contributed by atoms with van der Waals surface area (Å²) in [7, 11) is 0. The number of aromatic nitrogens is 2. The molecule has 2 heterocycles. The molecule has 80 valence electrons. The summed E-state index contributed by atoms with van der Waals surface area (Å²) in [6.07, 6.45) is 4.66. The Morgan fingerprint density at radius 3 is 2.73 bits per heavy atom. The molecule has 0 radical (unpaired) electrons. The van der Waals surface area contributed by atoms with Gasteiger partial charge in [-0.15, -0.1) is 5.10 Å². The molecule has 1 aromatic heterocycles. The molecular weight excluding hydrogens is 196 g/mol. The zero-order valence-electron chi connectivity index (χ0n) is 8.30. The van der Waals surface area contributed by atoms with E-state index < -0.39 is 4.92 Å². The number of rotatable bonds is 2. The van der Waals surface area contributed by atoms with Gasteiger partial charge in [0.15, 0.2) is 0 Å². The van der Waals surface area contributed by atoms with Gasteiger partial charge in [-0.05, 0) is 19.3 Å². The van der Waals surface area contributed by atoms with Gasteiger partial charge in [0, 0.05) is 19.2 Å². The molecule has 6 nitrogen and oxygen atoms in total. The van der Waals surface area contributed by atoms with E-state index in [1.54, 1.807) is 0 Å². The second-order valence-corrected chi connectivity index (χ2v) is 3.54. The monoisotopic (exact) mass is 208 g/mol. The fourth-order valence-electron chi connectivity index (χ4n) is 1.79. The Hall–Kier alpha value is -1.72. The number of piperidine rings is 1. The van der Waals surface area contributed by atoms with Crippen LogP contribution in [-0.2, 0) is 0 Å². The minimum absolute atomic E-state index is 0.0481. The highest BCUT2D eigenvalue weighted by Gasteiger charge is 2.22. The van der Waals surface area contributed by atoms with E-state index in [1.165, 1.54) is 18.7 Å². The number of hydrogen-bond donors (Lipinski definition) is 0. The van der Waals surface area contributed by atoms with Crippen LogP contribution in [0.1, 0.15) is 19.3 Å². The molecule has 0 saturated carbocycles. The zero-order chi connectivity index (χ0) is 10.7. The molecule has 1 aromatic rings. The number of nitrogens with zero attached hydrogens (tertiary/aromatic N) is 4. The summed E-state index contributed by atoms with van der Waals surface area (Å²) in [5.74, 6) is 0.405. The van der Waals surface area contributed by atoms with Gasteiger partial charge in [-0.3, -0.25) is 10.1 Å². The van der Waals surface area contributed by atoms with E-state index in [4.69, 9.17) is 0 Å². The molecule has 0 spiro atoms. The van der Waals surface area contributed by atoms with Crippen LogP contribution in [0.2, 0.25) is 0 Å². The Kier molecular flexibility index (Phi) is 2.75. The SMILES string of the molecule is O=[N+]([O-])c1ccnnc1N1CCCCC1. The summed E-state index contributed by atoms with van der Waals surface area (Å²) in [5.41, 5.74) is 0.0481. The molecular formula is C9H12N4O2. The van der Waals surface area contributed by atoms with Crippen LogP contribution in [0.5, 0.6) is 0 Å². The quantitative estimate of drug-likeness (QED) is 0.542. The second kappa shape index (κ2) is 4.20. The molecule has 2 rings (SSSR count). The summed E-state index contributed by atoms with van der Waals surface area (Å²) in [5, 5.41) is 18.3. The lowest BCUT2D eigenvalue weighted by atomic mass is 10.1. The van der Waals surface area contributed by atoms with Crippen LogP contribution in [0.25, 0.3) is 0 Å². The van der Waals surface area contributed by atoms with E-state index in [2.05, 4.69) is 10.2 Å². The topological polar surface area (TPSA) is 72.2 Å². The standard InChI is InChI=1S/C9H12N4O2/c14-13(15)8-4-5-10-11-9(8)12-6-2-1-3-7-12/h4-5H,1-3,6-7H2. The van der Waals surface area contributed by atoms with Gasteiger partial charge >= 0.3 is 5.69 Å². The first kappa shape index (κ1) is 9.82. The Balaban J connectivity index is 2.29. The van der Waals surface area contributed by atoms with Crippen LogP contribution in [0.3, 0.4) is 0 Å². The highest BCUT2D eigenvalue weighted by molar-refractivity contribution is 5.56. The molecule has 0 aromatic carbocycles. The van der Waals surface area contributed by atoms with E-state index in [1.807, 2.05) is 4.90 Å². The van der Waals surface area contributed by atoms with Crippen molar-refractivity contribution in [3.8, 4) is 0 Å². The van der Waals surface area contributed by atoms with Gasteiger partial charge in [-0.2, -0.15) is 5.10 Å². The highest BCUT2D eigenvalue weighted by atomic mass is 16.6. The minimum Gasteiger partial charge on any atom is -0.349 e. The average molecular weight is 208 g/mol. The molecule has 1 saturated heterocycles. The Bertz CT molecular complexity index is 363. The first-order valence-corrected chi connectivity index (χ1v) is 5.00. The van der Waals surface area contributed by atoms with Crippen molar-refractivity contribution in [3.05, 3.63) is 22.4 Å². The Morgan fingerprint density at radius 2 is 2.07 bits per heavy atom. The summed E-state index contributed by atoms with van der Waals surface area (Å²) in [4.78, 5) is 12.3. The summed E-state index contributed by atoms with van der Waals surface area (Å²) in [6.45, 7) is 1.67. The maximum absolute atomic E-state index is 10.8. The highest BCUT2D eigenvalue weighted by Crippen LogP contribution is 2.26. The Morgan fingerprint density at radius 1 is 1.33 bits per heavy atom. The van der Waals surface area contributed by atoms with Crippen molar-refractivity contribution in [1.82, 2.24) is 10.2 Å². The zero-order valence-corrected chi connectivity index (χ0v) is 8.30. The first-order valence-electron chi connectivity index (χ1n) is 5.00. The maximum Gasteiger partial charge on any atom is 0.315 e. The fraction of sp³-hybridized carbons (Fsp3) is 0.556. The minimum atomic E-state index is -0.404. The van der Waals surface area contributed by atoms with Crippen molar-refractivity contribution in [2.45, 2.75) is 19.3 Å². The summed E-state index contributed by atoms with van der Waals surface area (Å²) in [6, 6.07) is 1.40. The van der Waals surface area contributed by atoms with Gasteiger partial charge in [0.1, 0.15) is 0 Å². The third-order valence-electron chi connectivity index (χ3n) is 2.53. The molecule has 1 aliphatic rings. The molecule has 0 atom stereocenters. The average Bonchev–Trinajstić information content (AvgIpc) is 2.30. The van der Waals surface area contributed by atoms with Gasteiger partial charge in [-0.1, -0.05) is 0 Å². The summed E-state index contributed by atoms with van der Waals surface area (Å²) < 4.78 is 0. The molecule has 15 heavy (non-hydrogen) atoms. The predicted octanol–water partition coefficient (Wildman–Crippen LogP) is 1.38. The van der Waals surface area contributed by atoms with Gasteiger partial charge in [0.05, 0.1) is 11.1 Å². The van der Waals surface area contributed by atoms with Crippen molar-refractivity contribution in [2.24, 2.45) is 0 Å². The van der Waals surface area contributed by atoms with E-state index in [9.17, 15) is 10.1 Å². The van der Waals surface area contributed by atoms with Gasteiger partial charge in [0.25, 0.3) is 0 Å². The smallest absolute Gasteiger partial charge is 0.315 e. The largest absolute Gasteiger partial charge is 0.349 e. The maximum atomic E-state index is 10.8. The van der Waals surface area contributed by atoms with E-state index >= 15 is 0 Å². The van der Waals surface area contributed by atoms with Gasteiger partial charge < -0.3 is 4.90 Å². The number of nitro groups is 1. The van der Waals surface area contributed by atoms with Crippen LogP contribution < -0.4 is 4.90 Å². The second-order valence-electron chi connectivity index (χ2n) is 3.54. The van der Waals surface area contributed by atoms with Crippen molar-refractivity contribution in [1.29, 1.82) is 0 Å². The lowest BCUT2D eigenvalue weighted by molar-refractivity contribution is -0.384. The Labute approximate surface area is 87.1 Å². The number of hydrogen-bond acceptors (Lipinski definition) is 5. The third-order valence-corrected chi connectivity index (χ3v) is 2.53. The fourth-order valence-corrected chi connectivity index (χ4v) is 1.79. The van der Waals surface area contributed by atoms with Crippen LogP contribution in [0.4, 0.5) is 11.5 Å². The van der Waals surface area contributed by atoms with Crippen LogP contribution in [0.15, 0.2) is 12.3 Å². The number of anilines is 1. The molecule has 1 fully saturated rings. The lowest BCUT2D eigenvalue weighted by Crippen LogP contribution is -2.30. The molecule has 0 unspecified atom stereocenters. The van der Waals surface area contributed by atoms with Crippen molar-refractivity contribution in [2.75, 3.05) is 18.0 Å². The van der Waals surface area contributed by atoms with E-state index in [-0.39, 0.29) is 5.69 Å². The first-order chi connectivity index (χ1) is 7.29. The molecule has 6 heteroatoms. The third kappa shape index (κ3) is 2.03. The normalized spacial score (nSPS) is 16.4. The lowest BCUT2D eigenvalue weighted by Gasteiger charge is -2.26.